The van der Waals surface area contributed by atoms with E-state index in [1.807, 2.05) is 30.3 Å². The minimum absolute atomic E-state index is 0.0528. The van der Waals surface area contributed by atoms with E-state index in [0.717, 1.165) is 12.1 Å². The van der Waals surface area contributed by atoms with Crippen LogP contribution in [0.2, 0.25) is 0 Å². The molecule has 0 fully saturated rings. The smallest absolute Gasteiger partial charge is 0.272 e. The minimum Gasteiger partial charge on any atom is -0.325 e. The monoisotopic (exact) mass is 427 g/mol. The maximum absolute atomic E-state index is 13.3. The van der Waals surface area contributed by atoms with Crippen LogP contribution in [-0.4, -0.2) is 26.5 Å². The fourth-order valence-corrected chi connectivity index (χ4v) is 5.02. The number of aromatic nitrogens is 2. The Balaban J connectivity index is 1.61. The number of para-hydroxylation sites is 1. The normalized spacial score (nSPS) is 15.2. The summed E-state index contributed by atoms with van der Waals surface area (Å²) in [6, 6.07) is 15.0. The molecule has 0 aliphatic carbocycles. The van der Waals surface area contributed by atoms with Crippen molar-refractivity contribution in [3.8, 4) is 5.69 Å². The second-order valence-corrected chi connectivity index (χ2v) is 9.02. The van der Waals surface area contributed by atoms with Crippen LogP contribution in [0.15, 0.2) is 69.4 Å². The maximum Gasteiger partial charge on any atom is 0.272 e. The van der Waals surface area contributed by atoms with E-state index in [4.69, 9.17) is 4.98 Å². The summed E-state index contributed by atoms with van der Waals surface area (Å²) in [6.07, 6.45) is 0.730. The van der Waals surface area contributed by atoms with Crippen LogP contribution >= 0.6 is 23.5 Å². The number of halogens is 1. The summed E-state index contributed by atoms with van der Waals surface area (Å²) in [4.78, 5) is 30.9. The number of amides is 1. The largest absolute Gasteiger partial charge is 0.325 e. The van der Waals surface area contributed by atoms with Crippen molar-refractivity contribution in [3.05, 3.63) is 76.5 Å². The highest BCUT2D eigenvalue weighted by Gasteiger charge is 2.27. The van der Waals surface area contributed by atoms with Crippen molar-refractivity contribution < 1.29 is 9.18 Å². The Hall–Kier alpha value is -2.58. The molecule has 0 unspecified atom stereocenters. The molecule has 0 bridgehead atoms. The molecule has 1 aromatic heterocycles. The molecule has 3 aromatic rings. The van der Waals surface area contributed by atoms with Gasteiger partial charge in [-0.25, -0.2) is 9.37 Å². The van der Waals surface area contributed by atoms with Gasteiger partial charge in [0, 0.05) is 17.4 Å². The molecule has 0 radical (unpaired) electrons. The van der Waals surface area contributed by atoms with Gasteiger partial charge in [-0.3, -0.25) is 14.2 Å². The second kappa shape index (κ2) is 8.42. The average Bonchev–Trinajstić information content (AvgIpc) is 3.08. The summed E-state index contributed by atoms with van der Waals surface area (Å²) in [5.41, 5.74) is 1.78. The molecule has 5 nitrogen and oxygen atoms in total. The molecule has 29 heavy (non-hydrogen) atoms. The van der Waals surface area contributed by atoms with Gasteiger partial charge in [0.2, 0.25) is 5.91 Å². The quantitative estimate of drug-likeness (QED) is 0.490. The molecule has 1 atom stereocenters. The van der Waals surface area contributed by atoms with E-state index in [9.17, 15) is 14.0 Å². The number of benzene rings is 2. The van der Waals surface area contributed by atoms with Crippen LogP contribution in [0.4, 0.5) is 10.1 Å². The van der Waals surface area contributed by atoms with Gasteiger partial charge in [-0.15, -0.1) is 11.8 Å². The Morgan fingerprint density at radius 1 is 1.28 bits per heavy atom. The number of rotatable bonds is 5. The van der Waals surface area contributed by atoms with Gasteiger partial charge in [-0.05, 0) is 30.3 Å². The van der Waals surface area contributed by atoms with Crippen molar-refractivity contribution in [3.63, 3.8) is 0 Å². The Morgan fingerprint density at radius 2 is 2.07 bits per heavy atom. The third kappa shape index (κ3) is 4.38. The van der Waals surface area contributed by atoms with E-state index < -0.39 is 5.82 Å². The third-order valence-corrected chi connectivity index (χ3v) is 6.49. The predicted molar refractivity (Wildman–Crippen MR) is 115 cm³/mol. The molecular weight excluding hydrogens is 409 g/mol. The highest BCUT2D eigenvalue weighted by atomic mass is 32.2. The van der Waals surface area contributed by atoms with E-state index >= 15 is 0 Å². The fraction of sp³-hybridized carbons (Fsp3) is 0.190. The van der Waals surface area contributed by atoms with Crippen LogP contribution in [0.25, 0.3) is 5.69 Å². The molecular formula is C21H18FN3O2S2. The molecule has 4 rings (SSSR count). The number of fused-ring (bicyclic) bond motifs is 1. The molecule has 0 saturated carbocycles. The molecule has 0 saturated heterocycles. The Morgan fingerprint density at radius 3 is 2.83 bits per heavy atom. The van der Waals surface area contributed by atoms with E-state index in [-0.39, 0.29) is 17.2 Å². The van der Waals surface area contributed by atoms with Crippen molar-refractivity contribution in [2.24, 2.45) is 0 Å². The van der Waals surface area contributed by atoms with Gasteiger partial charge >= 0.3 is 0 Å². The zero-order valence-corrected chi connectivity index (χ0v) is 17.2. The molecule has 8 heteroatoms. The topological polar surface area (TPSA) is 64.0 Å². The second-order valence-electron chi connectivity index (χ2n) is 6.63. The number of carbonyl (C=O) groups excluding carboxylic acids is 1. The number of anilines is 1. The molecule has 1 aliphatic rings. The van der Waals surface area contributed by atoms with Crippen LogP contribution in [0.5, 0.6) is 0 Å². The lowest BCUT2D eigenvalue weighted by molar-refractivity contribution is -0.113. The third-order valence-electron chi connectivity index (χ3n) is 4.34. The Bertz CT molecular complexity index is 1120. The van der Waals surface area contributed by atoms with Crippen molar-refractivity contribution in [2.75, 3.05) is 11.1 Å². The van der Waals surface area contributed by atoms with Crippen LogP contribution in [0, 0.1) is 5.82 Å². The zero-order valence-electron chi connectivity index (χ0n) is 15.6. The lowest BCUT2D eigenvalue weighted by atomic mass is 10.2. The zero-order chi connectivity index (χ0) is 20.4. The maximum atomic E-state index is 13.3. The van der Waals surface area contributed by atoms with Crippen molar-refractivity contribution in [2.45, 2.75) is 28.6 Å². The summed E-state index contributed by atoms with van der Waals surface area (Å²) in [5.74, 6) is -0.657. The minimum atomic E-state index is -0.416. The lowest BCUT2D eigenvalue weighted by Gasteiger charge is -2.13. The molecule has 0 spiro atoms. The van der Waals surface area contributed by atoms with Crippen molar-refractivity contribution in [1.29, 1.82) is 0 Å². The van der Waals surface area contributed by atoms with Gasteiger partial charge in [0.15, 0.2) is 5.16 Å². The predicted octanol–water partition coefficient (Wildman–Crippen LogP) is 4.14. The molecule has 2 aromatic carbocycles. The van der Waals surface area contributed by atoms with Gasteiger partial charge in [0.05, 0.1) is 22.0 Å². The van der Waals surface area contributed by atoms with Crippen molar-refractivity contribution in [1.82, 2.24) is 9.55 Å². The number of thioether (sulfide) groups is 2. The van der Waals surface area contributed by atoms with E-state index in [1.165, 1.54) is 30.0 Å². The number of nitrogens with zero attached hydrogens (tertiary/aromatic N) is 2. The number of carbonyl (C=O) groups is 1. The Labute approximate surface area is 175 Å². The highest BCUT2D eigenvalue weighted by Crippen LogP contribution is 2.34. The van der Waals surface area contributed by atoms with E-state index in [2.05, 4.69) is 12.2 Å². The fourth-order valence-electron chi connectivity index (χ4n) is 3.09. The lowest BCUT2D eigenvalue weighted by Crippen LogP contribution is -2.24. The number of nitrogens with one attached hydrogen (secondary N) is 1. The number of hydrogen-bond donors (Lipinski definition) is 1. The molecule has 1 N–H and O–H groups in total. The first-order chi connectivity index (χ1) is 14.0. The summed E-state index contributed by atoms with van der Waals surface area (Å²) in [5, 5.41) is 3.44. The summed E-state index contributed by atoms with van der Waals surface area (Å²) in [6.45, 7) is 2.07. The number of hydrogen-bond acceptors (Lipinski definition) is 5. The molecule has 2 heterocycles. The van der Waals surface area contributed by atoms with Crippen LogP contribution in [0.3, 0.4) is 0 Å². The molecule has 148 valence electrons. The first kappa shape index (κ1) is 19.7. The summed E-state index contributed by atoms with van der Waals surface area (Å²) >= 11 is 2.73. The van der Waals surface area contributed by atoms with E-state index in [1.54, 1.807) is 22.4 Å². The molecule has 1 aliphatic heterocycles. The standard InChI is InChI=1S/C21H18FN3O2S2/c1-13-10-17-19(29-13)20(27)25(16-8-3-2-4-9-16)21(24-17)28-12-18(26)23-15-7-5-6-14(22)11-15/h2-9,11,13H,10,12H2,1H3,(H,23,26)/t13-/m1/s1. The average molecular weight is 428 g/mol. The SMILES string of the molecule is C[C@@H]1Cc2nc(SCC(=O)Nc3cccc(F)c3)n(-c3ccccc3)c(=O)c2S1. The van der Waals surface area contributed by atoms with Crippen LogP contribution in [-0.2, 0) is 11.2 Å². The van der Waals surface area contributed by atoms with Crippen LogP contribution in [0.1, 0.15) is 12.6 Å². The van der Waals surface area contributed by atoms with Gasteiger partial charge in [0.25, 0.3) is 5.56 Å². The molecule has 1 amide bonds. The van der Waals surface area contributed by atoms with Gasteiger partial charge in [-0.1, -0.05) is 43.0 Å². The van der Waals surface area contributed by atoms with Crippen LogP contribution < -0.4 is 10.9 Å². The first-order valence-electron chi connectivity index (χ1n) is 9.07. The van der Waals surface area contributed by atoms with Gasteiger partial charge in [0.1, 0.15) is 5.82 Å². The highest BCUT2D eigenvalue weighted by molar-refractivity contribution is 8.00. The summed E-state index contributed by atoms with van der Waals surface area (Å²) in [7, 11) is 0. The van der Waals surface area contributed by atoms with Gasteiger partial charge < -0.3 is 5.32 Å². The van der Waals surface area contributed by atoms with Gasteiger partial charge in [-0.2, -0.15) is 0 Å². The Kier molecular flexibility index (Phi) is 5.73. The first-order valence-corrected chi connectivity index (χ1v) is 10.9. The van der Waals surface area contributed by atoms with E-state index in [0.29, 0.717) is 26.7 Å². The van der Waals surface area contributed by atoms with Crippen molar-refractivity contribution >= 4 is 35.1 Å². The summed E-state index contributed by atoms with van der Waals surface area (Å²) < 4.78 is 14.9.